The van der Waals surface area contributed by atoms with Gasteiger partial charge in [-0.05, 0) is 53.6 Å². The molecule has 3 heteroatoms. The van der Waals surface area contributed by atoms with Crippen LogP contribution in [0.15, 0.2) is 42.5 Å². The number of aliphatic hydroxyl groups is 1. The second kappa shape index (κ2) is 6.10. The Labute approximate surface area is 124 Å². The highest BCUT2D eigenvalue weighted by Gasteiger charge is 2.14. The zero-order valence-electron chi connectivity index (χ0n) is 11.9. The highest BCUT2D eigenvalue weighted by atomic mass is 16.3. The molecule has 0 fully saturated rings. The third-order valence-electron chi connectivity index (χ3n) is 4.09. The molecule has 0 unspecified atom stereocenters. The Kier molecular flexibility index (Phi) is 4.02. The summed E-state index contributed by atoms with van der Waals surface area (Å²) in [6, 6.07) is 13.6. The van der Waals surface area contributed by atoms with Gasteiger partial charge in [-0.2, -0.15) is 0 Å². The van der Waals surface area contributed by atoms with Gasteiger partial charge in [-0.15, -0.1) is 0 Å². The van der Waals surface area contributed by atoms with Crippen molar-refractivity contribution in [2.45, 2.75) is 32.4 Å². The molecule has 3 nitrogen and oxygen atoms in total. The predicted octanol–water partition coefficient (Wildman–Crippen LogP) is 2.60. The number of fused-ring (bicyclic) bond motifs is 1. The minimum Gasteiger partial charge on any atom is -0.392 e. The van der Waals surface area contributed by atoms with Crippen LogP contribution in [0.1, 0.15) is 39.0 Å². The number of aliphatic hydroxyl groups excluding tert-OH is 1. The van der Waals surface area contributed by atoms with Crippen molar-refractivity contribution in [1.82, 2.24) is 5.32 Å². The van der Waals surface area contributed by atoms with E-state index in [1.165, 1.54) is 17.5 Å². The standard InChI is InChI=1S/C18H19NO2/c20-12-17-5-2-1-4-16(17)11-19-18(21)15-9-8-13-6-3-7-14(13)10-15/h1-2,4-5,8-10,20H,3,6-7,11-12H2,(H,19,21). The number of benzene rings is 2. The first-order valence-electron chi connectivity index (χ1n) is 7.35. The maximum absolute atomic E-state index is 12.2. The van der Waals surface area contributed by atoms with Crippen LogP contribution < -0.4 is 5.32 Å². The lowest BCUT2D eigenvalue weighted by Crippen LogP contribution is -2.23. The Bertz CT molecular complexity index is 664. The third-order valence-corrected chi connectivity index (χ3v) is 4.09. The zero-order chi connectivity index (χ0) is 14.7. The molecule has 0 heterocycles. The molecule has 2 aromatic rings. The van der Waals surface area contributed by atoms with Gasteiger partial charge < -0.3 is 10.4 Å². The van der Waals surface area contributed by atoms with E-state index in [4.69, 9.17) is 0 Å². The van der Waals surface area contributed by atoms with Crippen LogP contribution in [0, 0.1) is 0 Å². The summed E-state index contributed by atoms with van der Waals surface area (Å²) < 4.78 is 0. The molecule has 0 radical (unpaired) electrons. The van der Waals surface area contributed by atoms with E-state index in [-0.39, 0.29) is 12.5 Å². The predicted molar refractivity (Wildman–Crippen MR) is 82.0 cm³/mol. The average molecular weight is 281 g/mol. The van der Waals surface area contributed by atoms with Crippen LogP contribution in [0.25, 0.3) is 0 Å². The molecule has 1 aliphatic rings. The van der Waals surface area contributed by atoms with E-state index in [0.29, 0.717) is 6.54 Å². The van der Waals surface area contributed by atoms with E-state index in [1.54, 1.807) is 0 Å². The molecule has 0 spiro atoms. The number of aryl methyl sites for hydroxylation is 2. The highest BCUT2D eigenvalue weighted by Crippen LogP contribution is 2.22. The molecule has 1 amide bonds. The molecule has 0 aromatic heterocycles. The smallest absolute Gasteiger partial charge is 0.251 e. The number of hydrogen-bond acceptors (Lipinski definition) is 2. The van der Waals surface area contributed by atoms with Gasteiger partial charge in [0.2, 0.25) is 0 Å². The molecule has 0 aliphatic heterocycles. The monoisotopic (exact) mass is 281 g/mol. The van der Waals surface area contributed by atoms with Crippen LogP contribution in [-0.2, 0) is 26.0 Å². The Balaban J connectivity index is 1.69. The summed E-state index contributed by atoms with van der Waals surface area (Å²) in [7, 11) is 0. The molecular formula is C18H19NO2. The Morgan fingerprint density at radius 1 is 1.05 bits per heavy atom. The van der Waals surface area contributed by atoms with Gasteiger partial charge in [0.15, 0.2) is 0 Å². The quantitative estimate of drug-likeness (QED) is 0.905. The van der Waals surface area contributed by atoms with Crippen molar-refractivity contribution in [1.29, 1.82) is 0 Å². The first-order valence-corrected chi connectivity index (χ1v) is 7.35. The highest BCUT2D eigenvalue weighted by molar-refractivity contribution is 5.94. The molecule has 108 valence electrons. The molecular weight excluding hydrogens is 262 g/mol. The summed E-state index contributed by atoms with van der Waals surface area (Å²) in [4.78, 5) is 12.2. The number of nitrogens with one attached hydrogen (secondary N) is 1. The van der Waals surface area contributed by atoms with Crippen molar-refractivity contribution in [3.63, 3.8) is 0 Å². The summed E-state index contributed by atoms with van der Waals surface area (Å²) >= 11 is 0. The van der Waals surface area contributed by atoms with Crippen molar-refractivity contribution in [3.05, 3.63) is 70.3 Å². The fourth-order valence-electron chi connectivity index (χ4n) is 2.87. The summed E-state index contributed by atoms with van der Waals surface area (Å²) in [6.07, 6.45) is 3.38. The summed E-state index contributed by atoms with van der Waals surface area (Å²) in [6.45, 7) is 0.428. The van der Waals surface area contributed by atoms with Crippen LogP contribution in [0.4, 0.5) is 0 Å². The van der Waals surface area contributed by atoms with Crippen LogP contribution in [0.2, 0.25) is 0 Å². The van der Waals surface area contributed by atoms with Crippen LogP contribution in [-0.4, -0.2) is 11.0 Å². The van der Waals surface area contributed by atoms with Crippen LogP contribution in [0.5, 0.6) is 0 Å². The van der Waals surface area contributed by atoms with Gasteiger partial charge in [0.25, 0.3) is 5.91 Å². The number of rotatable bonds is 4. The van der Waals surface area contributed by atoms with Crippen LogP contribution in [0.3, 0.4) is 0 Å². The maximum atomic E-state index is 12.2. The Morgan fingerprint density at radius 2 is 1.81 bits per heavy atom. The number of hydrogen-bond donors (Lipinski definition) is 2. The molecule has 3 rings (SSSR count). The third kappa shape index (κ3) is 2.98. The summed E-state index contributed by atoms with van der Waals surface area (Å²) in [5.41, 5.74) is 5.20. The number of carbonyl (C=O) groups is 1. The van der Waals surface area contributed by atoms with Crippen molar-refractivity contribution in [3.8, 4) is 0 Å². The largest absolute Gasteiger partial charge is 0.392 e. The summed E-state index contributed by atoms with van der Waals surface area (Å²) in [5.74, 6) is -0.0579. The molecule has 0 atom stereocenters. The lowest BCUT2D eigenvalue weighted by molar-refractivity contribution is 0.0950. The Morgan fingerprint density at radius 3 is 2.62 bits per heavy atom. The molecule has 0 saturated heterocycles. The molecule has 2 N–H and O–H groups in total. The van der Waals surface area contributed by atoms with Crippen molar-refractivity contribution < 1.29 is 9.90 Å². The minimum atomic E-state index is -0.0579. The van der Waals surface area contributed by atoms with E-state index in [2.05, 4.69) is 11.4 Å². The van der Waals surface area contributed by atoms with Gasteiger partial charge in [-0.1, -0.05) is 30.3 Å². The van der Waals surface area contributed by atoms with Gasteiger partial charge in [-0.3, -0.25) is 4.79 Å². The fourth-order valence-corrected chi connectivity index (χ4v) is 2.87. The first-order chi connectivity index (χ1) is 10.3. The Hall–Kier alpha value is -2.13. The van der Waals surface area contributed by atoms with E-state index in [0.717, 1.165) is 29.5 Å². The van der Waals surface area contributed by atoms with Gasteiger partial charge >= 0.3 is 0 Å². The van der Waals surface area contributed by atoms with E-state index in [1.807, 2.05) is 36.4 Å². The average Bonchev–Trinajstić information content (AvgIpc) is 3.00. The molecule has 21 heavy (non-hydrogen) atoms. The second-order valence-corrected chi connectivity index (χ2v) is 5.45. The topological polar surface area (TPSA) is 49.3 Å². The van der Waals surface area contributed by atoms with Crippen LogP contribution >= 0.6 is 0 Å². The molecule has 0 bridgehead atoms. The lowest BCUT2D eigenvalue weighted by atomic mass is 10.1. The summed E-state index contributed by atoms with van der Waals surface area (Å²) in [5, 5.41) is 12.2. The lowest BCUT2D eigenvalue weighted by Gasteiger charge is -2.10. The fraction of sp³-hybridized carbons (Fsp3) is 0.278. The van der Waals surface area contributed by atoms with E-state index >= 15 is 0 Å². The first kappa shape index (κ1) is 13.8. The van der Waals surface area contributed by atoms with Gasteiger partial charge in [0.1, 0.15) is 0 Å². The number of amides is 1. The SMILES string of the molecule is O=C(NCc1ccccc1CO)c1ccc2c(c1)CCC2. The van der Waals surface area contributed by atoms with Gasteiger partial charge in [0.05, 0.1) is 6.61 Å². The molecule has 1 aliphatic carbocycles. The van der Waals surface area contributed by atoms with Gasteiger partial charge in [0, 0.05) is 12.1 Å². The van der Waals surface area contributed by atoms with E-state index in [9.17, 15) is 9.90 Å². The zero-order valence-corrected chi connectivity index (χ0v) is 11.9. The normalized spacial score (nSPS) is 13.0. The molecule has 0 saturated carbocycles. The maximum Gasteiger partial charge on any atom is 0.251 e. The minimum absolute atomic E-state index is 0.00904. The van der Waals surface area contributed by atoms with Crippen molar-refractivity contribution in [2.24, 2.45) is 0 Å². The van der Waals surface area contributed by atoms with Gasteiger partial charge in [-0.25, -0.2) is 0 Å². The molecule has 2 aromatic carbocycles. The van der Waals surface area contributed by atoms with Crippen molar-refractivity contribution >= 4 is 5.91 Å². The second-order valence-electron chi connectivity index (χ2n) is 5.45. The van der Waals surface area contributed by atoms with E-state index < -0.39 is 0 Å². The van der Waals surface area contributed by atoms with Crippen molar-refractivity contribution in [2.75, 3.05) is 0 Å². The number of carbonyl (C=O) groups excluding carboxylic acids is 1.